The van der Waals surface area contributed by atoms with Gasteiger partial charge in [0.15, 0.2) is 5.69 Å². The van der Waals surface area contributed by atoms with Gasteiger partial charge < -0.3 is 19.6 Å². The van der Waals surface area contributed by atoms with E-state index >= 15 is 0 Å². The van der Waals surface area contributed by atoms with Gasteiger partial charge in [0.25, 0.3) is 5.91 Å². The number of fused-ring (bicyclic) bond motifs is 2. The molecular weight excluding hydrogens is 490 g/mol. The zero-order valence-corrected chi connectivity index (χ0v) is 22.8. The van der Waals surface area contributed by atoms with Crippen molar-refractivity contribution in [2.75, 3.05) is 45.0 Å². The molecule has 0 spiro atoms. The summed E-state index contributed by atoms with van der Waals surface area (Å²) in [4.78, 5) is 17.8. The summed E-state index contributed by atoms with van der Waals surface area (Å²) >= 11 is 0. The zero-order valence-electron chi connectivity index (χ0n) is 22.0. The second-order valence-corrected chi connectivity index (χ2v) is 14.1. The normalized spacial score (nSPS) is 30.5. The summed E-state index contributed by atoms with van der Waals surface area (Å²) in [6.45, 7) is 6.76. The largest absolute Gasteiger partial charge is 0.360 e. The van der Waals surface area contributed by atoms with Crippen LogP contribution < -0.4 is 5.32 Å². The van der Waals surface area contributed by atoms with Crippen LogP contribution in [0.15, 0.2) is 10.6 Å². The van der Waals surface area contributed by atoms with Gasteiger partial charge in [-0.2, -0.15) is 4.31 Å². The Labute approximate surface area is 221 Å². The van der Waals surface area contributed by atoms with Crippen LogP contribution in [0.1, 0.15) is 92.8 Å². The predicted octanol–water partition coefficient (Wildman–Crippen LogP) is 2.80. The Bertz CT molecular complexity index is 1030. The van der Waals surface area contributed by atoms with Gasteiger partial charge in [-0.1, -0.05) is 11.6 Å². The molecule has 5 aliphatic rings. The smallest absolute Gasteiger partial charge is 0.273 e. The standard InChI is InChI=1S/C27H43N5O4S/c33-27(25-18-26(36-29-25)21-4-5-21)28-22-16-23-6-7-24(17-22)32(23)37(34,35)19-20-8-12-31(13-9-20)15-14-30-10-2-1-3-11-30/h18,20-24H,1-17,19H2,(H,28,33)/t22?,23-,24+. The molecule has 3 atom stereocenters. The molecule has 1 aliphatic carbocycles. The average Bonchev–Trinajstić information content (AvgIpc) is 3.54. The van der Waals surface area contributed by atoms with Crippen LogP contribution in [0.4, 0.5) is 0 Å². The average molecular weight is 534 g/mol. The number of sulfonamides is 1. The summed E-state index contributed by atoms with van der Waals surface area (Å²) in [6.07, 6.45) is 11.3. The first-order valence-electron chi connectivity index (χ1n) is 14.7. The zero-order chi connectivity index (χ0) is 25.4. The predicted molar refractivity (Wildman–Crippen MR) is 141 cm³/mol. The van der Waals surface area contributed by atoms with E-state index < -0.39 is 10.0 Å². The summed E-state index contributed by atoms with van der Waals surface area (Å²) < 4.78 is 34.3. The van der Waals surface area contributed by atoms with Crippen LogP contribution in [0.5, 0.6) is 0 Å². The molecular formula is C27H43N5O4S. The Hall–Kier alpha value is -1.49. The molecule has 2 bridgehead atoms. The molecule has 5 fully saturated rings. The molecule has 5 heterocycles. The van der Waals surface area contributed by atoms with Crippen molar-refractivity contribution < 1.29 is 17.7 Å². The molecule has 37 heavy (non-hydrogen) atoms. The third-order valence-electron chi connectivity index (χ3n) is 9.40. The lowest BCUT2D eigenvalue weighted by molar-refractivity contribution is 0.0899. The van der Waals surface area contributed by atoms with Crippen LogP contribution in [0.25, 0.3) is 0 Å². The Morgan fingerprint density at radius 2 is 1.57 bits per heavy atom. The molecule has 4 saturated heterocycles. The Kier molecular flexibility index (Phi) is 7.62. The summed E-state index contributed by atoms with van der Waals surface area (Å²) in [5.74, 6) is 1.55. The minimum atomic E-state index is -3.30. The van der Waals surface area contributed by atoms with Crippen molar-refractivity contribution in [3.8, 4) is 0 Å². The van der Waals surface area contributed by atoms with E-state index in [9.17, 15) is 13.2 Å². The SMILES string of the molecule is O=C(NC1C[C@H]2CC[C@@H](C1)N2S(=O)(=O)CC1CCN(CCN2CCCCC2)CC1)c1cc(C2CC2)on1. The van der Waals surface area contributed by atoms with Crippen LogP contribution in [0.3, 0.4) is 0 Å². The summed E-state index contributed by atoms with van der Waals surface area (Å²) in [5, 5.41) is 7.07. The van der Waals surface area contributed by atoms with Crippen LogP contribution in [0.2, 0.25) is 0 Å². The molecule has 0 aromatic carbocycles. The van der Waals surface area contributed by atoms with Gasteiger partial charge in [0.2, 0.25) is 10.0 Å². The monoisotopic (exact) mass is 533 g/mol. The third kappa shape index (κ3) is 6.07. The number of piperidine rings is 3. The summed E-state index contributed by atoms with van der Waals surface area (Å²) in [6, 6.07) is 1.75. The molecule has 1 aromatic heterocycles. The first-order chi connectivity index (χ1) is 17.9. The van der Waals surface area contributed by atoms with Crippen LogP contribution in [-0.4, -0.2) is 96.7 Å². The van der Waals surface area contributed by atoms with Gasteiger partial charge in [0.05, 0.1) is 5.75 Å². The van der Waals surface area contributed by atoms with Gasteiger partial charge >= 0.3 is 0 Å². The highest BCUT2D eigenvalue weighted by molar-refractivity contribution is 7.89. The van der Waals surface area contributed by atoms with Crippen molar-refractivity contribution in [2.45, 2.75) is 94.7 Å². The van der Waals surface area contributed by atoms with Crippen LogP contribution in [0, 0.1) is 5.92 Å². The fourth-order valence-corrected chi connectivity index (χ4v) is 9.54. The number of rotatable bonds is 9. The number of hydrogen-bond donors (Lipinski definition) is 1. The molecule has 1 amide bonds. The molecule has 6 rings (SSSR count). The van der Waals surface area contributed by atoms with E-state index in [1.54, 1.807) is 6.07 Å². The fraction of sp³-hybridized carbons (Fsp3) is 0.852. The van der Waals surface area contributed by atoms with Gasteiger partial charge in [-0.05, 0) is 96.3 Å². The molecule has 1 saturated carbocycles. The quantitative estimate of drug-likeness (QED) is 0.521. The van der Waals surface area contributed by atoms with E-state index in [0.29, 0.717) is 24.5 Å². The molecule has 206 valence electrons. The second-order valence-electron chi connectivity index (χ2n) is 12.2. The maximum absolute atomic E-state index is 13.5. The molecule has 9 nitrogen and oxygen atoms in total. The third-order valence-corrected chi connectivity index (χ3v) is 11.5. The number of likely N-dealkylation sites (tertiary alicyclic amines) is 2. The van der Waals surface area contributed by atoms with Gasteiger partial charge in [0.1, 0.15) is 5.76 Å². The van der Waals surface area contributed by atoms with E-state index in [1.165, 1.54) is 32.4 Å². The van der Waals surface area contributed by atoms with Crippen LogP contribution >= 0.6 is 0 Å². The number of aromatic nitrogens is 1. The highest BCUT2D eigenvalue weighted by atomic mass is 32.2. The van der Waals surface area contributed by atoms with Crippen molar-refractivity contribution in [3.63, 3.8) is 0 Å². The molecule has 1 aromatic rings. The molecule has 10 heteroatoms. The first-order valence-corrected chi connectivity index (χ1v) is 16.3. The van der Waals surface area contributed by atoms with Crippen molar-refractivity contribution in [2.24, 2.45) is 5.92 Å². The van der Waals surface area contributed by atoms with Gasteiger partial charge in [-0.25, -0.2) is 8.42 Å². The number of nitrogens with one attached hydrogen (secondary N) is 1. The van der Waals surface area contributed by atoms with E-state index in [0.717, 1.165) is 70.5 Å². The van der Waals surface area contributed by atoms with Crippen molar-refractivity contribution in [1.29, 1.82) is 0 Å². The van der Waals surface area contributed by atoms with Crippen molar-refractivity contribution in [1.82, 2.24) is 24.6 Å². The molecule has 4 aliphatic heterocycles. The van der Waals surface area contributed by atoms with Gasteiger partial charge in [-0.15, -0.1) is 0 Å². The van der Waals surface area contributed by atoms with Crippen LogP contribution in [-0.2, 0) is 10.0 Å². The molecule has 1 unspecified atom stereocenters. The van der Waals surface area contributed by atoms with E-state index in [-0.39, 0.29) is 35.7 Å². The van der Waals surface area contributed by atoms with E-state index in [2.05, 4.69) is 20.3 Å². The minimum absolute atomic E-state index is 0.00184. The van der Waals surface area contributed by atoms with Gasteiger partial charge in [-0.3, -0.25) is 4.79 Å². The number of nitrogens with zero attached hydrogens (tertiary/aromatic N) is 4. The fourth-order valence-electron chi connectivity index (χ4n) is 7.15. The summed E-state index contributed by atoms with van der Waals surface area (Å²) in [5.41, 5.74) is 0.339. The Morgan fingerprint density at radius 1 is 0.919 bits per heavy atom. The lowest BCUT2D eigenvalue weighted by atomic mass is 9.99. The maximum atomic E-state index is 13.5. The minimum Gasteiger partial charge on any atom is -0.360 e. The number of carbonyl (C=O) groups is 1. The first kappa shape index (κ1) is 25.8. The van der Waals surface area contributed by atoms with Crippen molar-refractivity contribution in [3.05, 3.63) is 17.5 Å². The lowest BCUT2D eigenvalue weighted by Crippen LogP contribution is -2.53. The molecule has 0 radical (unpaired) electrons. The van der Waals surface area contributed by atoms with E-state index in [4.69, 9.17) is 4.52 Å². The molecule has 1 N–H and O–H groups in total. The Balaban J connectivity index is 0.970. The highest BCUT2D eigenvalue weighted by Gasteiger charge is 2.47. The maximum Gasteiger partial charge on any atom is 0.273 e. The van der Waals surface area contributed by atoms with E-state index in [1.807, 2.05) is 4.31 Å². The number of carbonyl (C=O) groups excluding carboxylic acids is 1. The topological polar surface area (TPSA) is 99.0 Å². The summed E-state index contributed by atoms with van der Waals surface area (Å²) in [7, 11) is -3.30. The number of amides is 1. The van der Waals surface area contributed by atoms with Crippen molar-refractivity contribution >= 4 is 15.9 Å². The highest BCUT2D eigenvalue weighted by Crippen LogP contribution is 2.41. The number of hydrogen-bond acceptors (Lipinski definition) is 7. The Morgan fingerprint density at radius 3 is 2.22 bits per heavy atom. The van der Waals surface area contributed by atoms with Gasteiger partial charge in [0, 0.05) is 43.2 Å². The second kappa shape index (κ2) is 10.9. The lowest BCUT2D eigenvalue weighted by Gasteiger charge is -2.39.